The predicted octanol–water partition coefficient (Wildman–Crippen LogP) is 2.23. The molecule has 0 unspecified atom stereocenters. The van der Waals surface area contributed by atoms with Gasteiger partial charge in [-0.1, -0.05) is 19.4 Å². The van der Waals surface area contributed by atoms with Crippen molar-refractivity contribution >= 4 is 10.0 Å². The average Bonchev–Trinajstić information content (AvgIpc) is 2.34. The van der Waals surface area contributed by atoms with Crippen LogP contribution in [0.5, 0.6) is 0 Å². The minimum atomic E-state index is -3.46. The second kappa shape index (κ2) is 5.47. The Hall–Kier alpha value is -0.910. The summed E-state index contributed by atoms with van der Waals surface area (Å²) in [4.78, 5) is 0.353. The third-order valence-electron chi connectivity index (χ3n) is 4.39. The van der Waals surface area contributed by atoms with E-state index in [0.29, 0.717) is 18.0 Å². The van der Waals surface area contributed by atoms with Crippen LogP contribution in [0.3, 0.4) is 0 Å². The molecule has 0 amide bonds. The summed E-state index contributed by atoms with van der Waals surface area (Å²) >= 11 is 0. The maximum absolute atomic E-state index is 12.5. The van der Waals surface area contributed by atoms with Gasteiger partial charge in [-0.25, -0.2) is 13.1 Å². The molecule has 112 valence electrons. The highest BCUT2D eigenvalue weighted by atomic mass is 32.2. The third kappa shape index (κ3) is 3.05. The Morgan fingerprint density at radius 2 is 1.90 bits per heavy atom. The molecule has 2 rings (SSSR count). The van der Waals surface area contributed by atoms with Gasteiger partial charge >= 0.3 is 0 Å². The van der Waals surface area contributed by atoms with E-state index in [9.17, 15) is 8.42 Å². The summed E-state index contributed by atoms with van der Waals surface area (Å²) in [6.07, 6.45) is 3.38. The van der Waals surface area contributed by atoms with Crippen molar-refractivity contribution in [2.45, 2.75) is 51.5 Å². The molecular formula is C15H24N2O2S. The summed E-state index contributed by atoms with van der Waals surface area (Å²) in [5, 5.41) is 0. The van der Waals surface area contributed by atoms with Gasteiger partial charge in [0.1, 0.15) is 0 Å². The smallest absolute Gasteiger partial charge is 0.240 e. The van der Waals surface area contributed by atoms with Gasteiger partial charge in [0.2, 0.25) is 10.0 Å². The van der Waals surface area contributed by atoms with E-state index in [4.69, 9.17) is 5.73 Å². The standard InChI is InChI=1S/C15H24N2O2S/c1-11-7-12(2)14(8-13(11)9-16)20(18,19)17-10-15(3)5-4-6-15/h7-8,17H,4-6,9-10,16H2,1-3H3. The number of nitrogens with one attached hydrogen (secondary N) is 1. The number of sulfonamides is 1. The number of rotatable bonds is 5. The van der Waals surface area contributed by atoms with Crippen molar-refractivity contribution in [1.29, 1.82) is 0 Å². The number of nitrogens with two attached hydrogens (primary N) is 1. The first-order chi connectivity index (χ1) is 9.27. The minimum Gasteiger partial charge on any atom is -0.326 e. The molecular weight excluding hydrogens is 272 g/mol. The van der Waals surface area contributed by atoms with E-state index in [1.807, 2.05) is 19.9 Å². The Bertz CT molecular complexity index is 605. The van der Waals surface area contributed by atoms with Crippen molar-refractivity contribution in [3.63, 3.8) is 0 Å². The van der Waals surface area contributed by atoms with E-state index in [1.165, 1.54) is 6.42 Å². The monoisotopic (exact) mass is 296 g/mol. The van der Waals surface area contributed by atoms with Gasteiger partial charge in [-0.3, -0.25) is 0 Å². The van der Waals surface area contributed by atoms with E-state index in [0.717, 1.165) is 29.5 Å². The van der Waals surface area contributed by atoms with Crippen molar-refractivity contribution in [1.82, 2.24) is 4.72 Å². The number of aryl methyl sites for hydroxylation is 2. The molecule has 1 aliphatic carbocycles. The molecule has 1 fully saturated rings. The lowest BCUT2D eigenvalue weighted by Gasteiger charge is -2.38. The number of hydrogen-bond acceptors (Lipinski definition) is 3. The highest BCUT2D eigenvalue weighted by molar-refractivity contribution is 7.89. The van der Waals surface area contributed by atoms with E-state index in [-0.39, 0.29) is 5.41 Å². The topological polar surface area (TPSA) is 72.2 Å². The van der Waals surface area contributed by atoms with Gasteiger partial charge in [0, 0.05) is 13.1 Å². The van der Waals surface area contributed by atoms with Crippen LogP contribution in [0, 0.1) is 19.3 Å². The Balaban J connectivity index is 2.24. The van der Waals surface area contributed by atoms with E-state index in [2.05, 4.69) is 11.6 Å². The summed E-state index contributed by atoms with van der Waals surface area (Å²) in [7, 11) is -3.46. The molecule has 0 radical (unpaired) electrons. The fourth-order valence-electron chi connectivity index (χ4n) is 2.69. The Labute approximate surface area is 121 Å². The SMILES string of the molecule is Cc1cc(C)c(S(=O)(=O)NCC2(C)CCC2)cc1CN. The molecule has 20 heavy (non-hydrogen) atoms. The van der Waals surface area contributed by atoms with E-state index in [1.54, 1.807) is 6.07 Å². The van der Waals surface area contributed by atoms with Crippen molar-refractivity contribution in [2.24, 2.45) is 11.1 Å². The van der Waals surface area contributed by atoms with Gasteiger partial charge in [0.15, 0.2) is 0 Å². The highest BCUT2D eigenvalue weighted by Gasteiger charge is 2.33. The van der Waals surface area contributed by atoms with Crippen molar-refractivity contribution < 1.29 is 8.42 Å². The van der Waals surface area contributed by atoms with Gasteiger partial charge in [-0.05, 0) is 54.9 Å². The van der Waals surface area contributed by atoms with Crippen molar-refractivity contribution in [2.75, 3.05) is 6.54 Å². The van der Waals surface area contributed by atoms with Gasteiger partial charge in [0.25, 0.3) is 0 Å². The minimum absolute atomic E-state index is 0.127. The maximum Gasteiger partial charge on any atom is 0.240 e. The van der Waals surface area contributed by atoms with Gasteiger partial charge in [-0.15, -0.1) is 0 Å². The quantitative estimate of drug-likeness (QED) is 0.875. The lowest BCUT2D eigenvalue weighted by atomic mass is 9.71. The second-order valence-corrected chi connectivity index (χ2v) is 7.97. The van der Waals surface area contributed by atoms with Crippen LogP contribution in [0.15, 0.2) is 17.0 Å². The third-order valence-corrected chi connectivity index (χ3v) is 5.94. The van der Waals surface area contributed by atoms with Crippen LogP contribution in [0.25, 0.3) is 0 Å². The fraction of sp³-hybridized carbons (Fsp3) is 0.600. The molecule has 0 spiro atoms. The molecule has 0 aliphatic heterocycles. The molecule has 3 N–H and O–H groups in total. The highest BCUT2D eigenvalue weighted by Crippen LogP contribution is 2.39. The Kier molecular flexibility index (Phi) is 4.23. The molecule has 0 bridgehead atoms. The first-order valence-corrected chi connectivity index (χ1v) is 8.56. The summed E-state index contributed by atoms with van der Waals surface area (Å²) in [6.45, 7) is 6.78. The van der Waals surface area contributed by atoms with Crippen LogP contribution in [-0.2, 0) is 16.6 Å². The predicted molar refractivity (Wildman–Crippen MR) is 81.0 cm³/mol. The van der Waals surface area contributed by atoms with Crippen molar-refractivity contribution in [3.05, 3.63) is 28.8 Å². The van der Waals surface area contributed by atoms with Gasteiger partial charge in [0.05, 0.1) is 4.90 Å². The van der Waals surface area contributed by atoms with Crippen LogP contribution in [-0.4, -0.2) is 15.0 Å². The molecule has 0 atom stereocenters. The maximum atomic E-state index is 12.5. The second-order valence-electron chi connectivity index (χ2n) is 6.24. The average molecular weight is 296 g/mol. The molecule has 1 aliphatic rings. The summed E-state index contributed by atoms with van der Waals surface area (Å²) < 4.78 is 27.7. The fourth-order valence-corrected chi connectivity index (χ4v) is 4.16. The van der Waals surface area contributed by atoms with Gasteiger partial charge in [-0.2, -0.15) is 0 Å². The van der Waals surface area contributed by atoms with E-state index < -0.39 is 10.0 Å². The largest absolute Gasteiger partial charge is 0.326 e. The number of hydrogen-bond donors (Lipinski definition) is 2. The van der Waals surface area contributed by atoms with Crippen LogP contribution in [0.2, 0.25) is 0 Å². The zero-order chi connectivity index (χ0) is 15.0. The molecule has 1 saturated carbocycles. The molecule has 1 aromatic carbocycles. The zero-order valence-corrected chi connectivity index (χ0v) is 13.3. The lowest BCUT2D eigenvalue weighted by molar-refractivity contribution is 0.166. The molecule has 0 aromatic heterocycles. The molecule has 0 heterocycles. The first kappa shape index (κ1) is 15.5. The molecule has 1 aromatic rings. The lowest BCUT2D eigenvalue weighted by Crippen LogP contribution is -2.40. The van der Waals surface area contributed by atoms with Crippen LogP contribution < -0.4 is 10.5 Å². The Morgan fingerprint density at radius 3 is 2.40 bits per heavy atom. The summed E-state index contributed by atoms with van der Waals surface area (Å²) in [6, 6.07) is 3.60. The van der Waals surface area contributed by atoms with Crippen molar-refractivity contribution in [3.8, 4) is 0 Å². The van der Waals surface area contributed by atoms with Crippen LogP contribution >= 0.6 is 0 Å². The van der Waals surface area contributed by atoms with Crippen LogP contribution in [0.1, 0.15) is 42.9 Å². The van der Waals surface area contributed by atoms with Gasteiger partial charge < -0.3 is 5.73 Å². The molecule has 4 nitrogen and oxygen atoms in total. The molecule has 5 heteroatoms. The Morgan fingerprint density at radius 1 is 1.25 bits per heavy atom. The first-order valence-electron chi connectivity index (χ1n) is 7.07. The van der Waals surface area contributed by atoms with Crippen LogP contribution in [0.4, 0.5) is 0 Å². The summed E-state index contributed by atoms with van der Waals surface area (Å²) in [5.41, 5.74) is 8.49. The van der Waals surface area contributed by atoms with E-state index >= 15 is 0 Å². The zero-order valence-electron chi connectivity index (χ0n) is 12.5. The number of benzene rings is 1. The summed E-state index contributed by atoms with van der Waals surface area (Å²) in [5.74, 6) is 0. The molecule has 0 saturated heterocycles. The normalized spacial score (nSPS) is 17.8.